The molecule has 9 nitrogen and oxygen atoms in total. The molecule has 4 rings (SSSR count). The van der Waals surface area contributed by atoms with Crippen LogP contribution < -0.4 is 0 Å². The molecule has 3 fully saturated rings. The number of quaternary nitrogens is 1. The predicted molar refractivity (Wildman–Crippen MR) is 191 cm³/mol. The molecule has 0 aliphatic heterocycles. The zero-order valence-electron chi connectivity index (χ0n) is 31.8. The summed E-state index contributed by atoms with van der Waals surface area (Å²) in [5.41, 5.74) is 2.57. The number of hydrogen-bond acceptors (Lipinski definition) is 7. The van der Waals surface area contributed by atoms with Crippen molar-refractivity contribution >= 4 is 7.82 Å². The van der Waals surface area contributed by atoms with Gasteiger partial charge in [-0.3, -0.25) is 9.05 Å². The molecular weight excluding hydrogens is 629 g/mol. The van der Waals surface area contributed by atoms with Crippen molar-refractivity contribution in [3.8, 4) is 0 Å². The highest BCUT2D eigenvalue weighted by Gasteiger charge is 2.59. The molecule has 0 aromatic heterocycles. The first-order valence-electron chi connectivity index (χ1n) is 19.0. The lowest BCUT2D eigenvalue weighted by atomic mass is 9.47. The lowest BCUT2D eigenvalue weighted by Gasteiger charge is -2.58. The van der Waals surface area contributed by atoms with E-state index in [2.05, 4.69) is 40.7 Å². The van der Waals surface area contributed by atoms with Gasteiger partial charge >= 0.3 is 7.82 Å². The van der Waals surface area contributed by atoms with E-state index >= 15 is 0 Å². The van der Waals surface area contributed by atoms with Gasteiger partial charge in [0, 0.05) is 0 Å². The number of likely N-dealkylation sites (N-methyl/N-ethyl adjacent to an activating group) is 1. The summed E-state index contributed by atoms with van der Waals surface area (Å²) in [6.07, 6.45) is 17.7. The number of rotatable bonds is 20. The SMILES string of the molecule is CC(C)CCC[C@@H](C)[C@H]1CCC2C3CC=C4C[C@@H](OCCOCCOCCOP(=O)(O)OCC[N+](C)(C)C)CC[C@]4(C)C3CC[C@@]21C.[OH-]. The molecule has 0 saturated heterocycles. The molecule has 0 radical (unpaired) electrons. The molecule has 4 aliphatic rings. The summed E-state index contributed by atoms with van der Waals surface area (Å²) in [4.78, 5) is 9.76. The number of nitrogens with zero attached hydrogens (tertiary/aromatic N) is 1. The first kappa shape index (κ1) is 42.1. The molecule has 0 spiro atoms. The van der Waals surface area contributed by atoms with E-state index in [1.165, 1.54) is 57.8 Å². The van der Waals surface area contributed by atoms with Gasteiger partial charge in [0.15, 0.2) is 0 Å². The smallest absolute Gasteiger partial charge is 0.472 e. The molecule has 0 bridgehead atoms. The lowest BCUT2D eigenvalue weighted by Crippen LogP contribution is -2.51. The van der Waals surface area contributed by atoms with Crippen molar-refractivity contribution in [2.75, 3.05) is 73.9 Å². The number of ether oxygens (including phenoxy) is 3. The van der Waals surface area contributed by atoms with E-state index in [9.17, 15) is 9.46 Å². The third-order valence-corrected chi connectivity index (χ3v) is 13.7. The second-order valence-corrected chi connectivity index (χ2v) is 18.9. The fourth-order valence-corrected chi connectivity index (χ4v) is 10.8. The van der Waals surface area contributed by atoms with Crippen LogP contribution in [0.1, 0.15) is 105 Å². The maximum Gasteiger partial charge on any atom is 0.472 e. The maximum absolute atomic E-state index is 11.9. The van der Waals surface area contributed by atoms with Crippen LogP contribution in [0.2, 0.25) is 0 Å². The Kier molecular flexibility index (Phi) is 16.1. The summed E-state index contributed by atoms with van der Waals surface area (Å²) in [5, 5.41) is 0. The lowest BCUT2D eigenvalue weighted by molar-refractivity contribution is -0.870. The average molecular weight is 702 g/mol. The third kappa shape index (κ3) is 11.3. The molecule has 3 saturated carbocycles. The van der Waals surface area contributed by atoms with Crippen LogP contribution in [-0.2, 0) is 27.8 Å². The molecule has 282 valence electrons. The summed E-state index contributed by atoms with van der Waals surface area (Å²) in [7, 11) is 1.93. The first-order chi connectivity index (χ1) is 22.1. The van der Waals surface area contributed by atoms with Gasteiger partial charge < -0.3 is 29.1 Å². The van der Waals surface area contributed by atoms with Gasteiger partial charge in [-0.1, -0.05) is 65.5 Å². The van der Waals surface area contributed by atoms with Gasteiger partial charge in [-0.2, -0.15) is 0 Å². The van der Waals surface area contributed by atoms with E-state index in [0.29, 0.717) is 48.3 Å². The summed E-state index contributed by atoms with van der Waals surface area (Å²) in [6, 6.07) is 0. The summed E-state index contributed by atoms with van der Waals surface area (Å²) >= 11 is 0. The molecule has 0 amide bonds. The van der Waals surface area contributed by atoms with Crippen LogP contribution in [-0.4, -0.2) is 94.9 Å². The van der Waals surface area contributed by atoms with Crippen molar-refractivity contribution in [3.05, 3.63) is 11.6 Å². The fraction of sp³-hybridized carbons (Fsp3) is 0.947. The maximum atomic E-state index is 11.9. The largest absolute Gasteiger partial charge is 0.870 e. The van der Waals surface area contributed by atoms with E-state index in [0.717, 1.165) is 48.3 Å². The Bertz CT molecular complexity index is 1050. The topological polar surface area (TPSA) is 113 Å². The highest BCUT2D eigenvalue weighted by atomic mass is 31.2. The zero-order chi connectivity index (χ0) is 34.3. The fourth-order valence-electron chi connectivity index (χ4n) is 10.1. The van der Waals surface area contributed by atoms with E-state index in [4.69, 9.17) is 23.3 Å². The first-order valence-corrected chi connectivity index (χ1v) is 20.5. The van der Waals surface area contributed by atoms with Crippen LogP contribution in [0.4, 0.5) is 0 Å². The molecule has 48 heavy (non-hydrogen) atoms. The number of fused-ring (bicyclic) bond motifs is 5. The second kappa shape index (κ2) is 18.4. The Morgan fingerprint density at radius 2 is 1.54 bits per heavy atom. The molecule has 10 heteroatoms. The highest BCUT2D eigenvalue weighted by molar-refractivity contribution is 7.47. The van der Waals surface area contributed by atoms with Gasteiger partial charge in [0.2, 0.25) is 0 Å². The van der Waals surface area contributed by atoms with Crippen LogP contribution >= 0.6 is 7.82 Å². The summed E-state index contributed by atoms with van der Waals surface area (Å²) < 4.78 is 40.1. The van der Waals surface area contributed by atoms with Crippen molar-refractivity contribution in [2.24, 2.45) is 46.3 Å². The molecular formula is C38H72NO8P. The molecule has 4 unspecified atom stereocenters. The molecule has 0 heterocycles. The van der Waals surface area contributed by atoms with Gasteiger partial charge in [0.1, 0.15) is 13.2 Å². The molecule has 9 atom stereocenters. The molecule has 0 aromatic carbocycles. The summed E-state index contributed by atoms with van der Waals surface area (Å²) in [5.74, 6) is 5.23. The van der Waals surface area contributed by atoms with Crippen molar-refractivity contribution in [2.45, 2.75) is 111 Å². The average Bonchev–Trinajstić information content (AvgIpc) is 3.34. The minimum Gasteiger partial charge on any atom is -0.870 e. The number of phosphoric acid groups is 1. The molecule has 0 aromatic rings. The summed E-state index contributed by atoms with van der Waals surface area (Å²) in [6.45, 7) is 15.6. The van der Waals surface area contributed by atoms with E-state index in [1.54, 1.807) is 5.57 Å². The van der Waals surface area contributed by atoms with Gasteiger partial charge in [-0.05, 0) is 97.7 Å². The van der Waals surface area contributed by atoms with E-state index in [-0.39, 0.29) is 31.4 Å². The highest BCUT2D eigenvalue weighted by Crippen LogP contribution is 2.67. The van der Waals surface area contributed by atoms with Gasteiger partial charge in [0.05, 0.1) is 66.9 Å². The Labute approximate surface area is 293 Å². The Hall–Kier alpha value is -0.350. The molecule has 2 N–H and O–H groups in total. The van der Waals surface area contributed by atoms with Crippen LogP contribution in [0, 0.1) is 46.3 Å². The van der Waals surface area contributed by atoms with E-state index < -0.39 is 7.82 Å². The van der Waals surface area contributed by atoms with E-state index in [1.807, 2.05) is 21.1 Å². The van der Waals surface area contributed by atoms with Crippen molar-refractivity contribution in [3.63, 3.8) is 0 Å². The normalized spacial score (nSPS) is 33.6. The molecule has 4 aliphatic carbocycles. The van der Waals surface area contributed by atoms with Crippen LogP contribution in [0.15, 0.2) is 11.6 Å². The number of phosphoric ester groups is 1. The van der Waals surface area contributed by atoms with Gasteiger partial charge in [-0.15, -0.1) is 0 Å². The monoisotopic (exact) mass is 701 g/mol. The Morgan fingerprint density at radius 3 is 2.23 bits per heavy atom. The van der Waals surface area contributed by atoms with Crippen molar-refractivity contribution in [1.29, 1.82) is 0 Å². The zero-order valence-corrected chi connectivity index (χ0v) is 32.7. The Balaban J connectivity index is 0.00000625. The van der Waals surface area contributed by atoms with Crippen LogP contribution in [0.5, 0.6) is 0 Å². The standard InChI is InChI=1S/C38H70NO7P.H2O/c1-29(2)10-9-11-30(3)34-14-15-35-33-13-12-31-28-32(16-18-37(31,4)36(33)17-19-38(34,35)5)44-26-24-42-22-23-43-25-27-46-47(40,41)45-21-20-39(6,7)8;/h12,29-30,32-36H,9-11,13-28H2,1-8H3;1H2/t30-,32+,33?,34-,35?,36?,37+,38-;/m1./s1. The van der Waals surface area contributed by atoms with Crippen LogP contribution in [0.3, 0.4) is 0 Å². The van der Waals surface area contributed by atoms with Gasteiger partial charge in [0.25, 0.3) is 0 Å². The third-order valence-electron chi connectivity index (χ3n) is 12.7. The number of allylic oxidation sites excluding steroid dienone is 1. The van der Waals surface area contributed by atoms with Crippen molar-refractivity contribution < 1.29 is 42.7 Å². The van der Waals surface area contributed by atoms with Crippen molar-refractivity contribution in [1.82, 2.24) is 0 Å². The Morgan fingerprint density at radius 1 is 0.875 bits per heavy atom. The number of hydrogen-bond donors (Lipinski definition) is 1. The minimum absolute atomic E-state index is 0. The minimum atomic E-state index is -4.04. The quantitative estimate of drug-likeness (QED) is 0.0587. The predicted octanol–water partition coefficient (Wildman–Crippen LogP) is 8.11. The second-order valence-electron chi connectivity index (χ2n) is 17.4. The van der Waals surface area contributed by atoms with Gasteiger partial charge in [-0.25, -0.2) is 4.57 Å². The van der Waals surface area contributed by atoms with Crippen LogP contribution in [0.25, 0.3) is 0 Å².